The summed E-state index contributed by atoms with van der Waals surface area (Å²) in [4.78, 5) is 41.7. The maximum Gasteiger partial charge on any atom is 0.408 e. The second-order valence-electron chi connectivity index (χ2n) is 10.2. The molecule has 2 heterocycles. The van der Waals surface area contributed by atoms with Crippen molar-refractivity contribution in [2.45, 2.75) is 53.2 Å². The summed E-state index contributed by atoms with van der Waals surface area (Å²) in [6.45, 7) is 10.1. The lowest BCUT2D eigenvalue weighted by molar-refractivity contribution is 0.0937. The van der Waals surface area contributed by atoms with E-state index in [0.29, 0.717) is 34.4 Å². The fourth-order valence-electron chi connectivity index (χ4n) is 4.39. The molecule has 2 aromatic heterocycles. The highest BCUT2D eigenvalue weighted by Crippen LogP contribution is 2.35. The molecular weight excluding hydrogens is 476 g/mol. The molecule has 9 heteroatoms. The third-order valence-electron chi connectivity index (χ3n) is 6.05. The second-order valence-corrected chi connectivity index (χ2v) is 11.0. The fraction of sp³-hybridized carbons (Fsp3) is 0.333. The van der Waals surface area contributed by atoms with E-state index >= 15 is 0 Å². The number of hydrogen-bond acceptors (Lipinski definition) is 5. The summed E-state index contributed by atoms with van der Waals surface area (Å²) in [5.74, 6) is 0.593. The molecule has 0 bridgehead atoms. The van der Waals surface area contributed by atoms with Gasteiger partial charge in [-0.3, -0.25) is 19.5 Å². The summed E-state index contributed by atoms with van der Waals surface area (Å²) in [6, 6.07) is 15.1. The van der Waals surface area contributed by atoms with Crippen molar-refractivity contribution >= 4 is 28.4 Å². The molecule has 8 nitrogen and oxygen atoms in total. The smallest absolute Gasteiger partial charge is 0.408 e. The molecule has 0 aliphatic carbocycles. The molecule has 0 aliphatic heterocycles. The molecule has 4 rings (SSSR count). The Bertz CT molecular complexity index is 1530. The van der Waals surface area contributed by atoms with Crippen LogP contribution >= 0.6 is 11.5 Å². The average Bonchev–Trinajstić information content (AvgIpc) is 3.25. The molecule has 0 spiro atoms. The molecule has 0 saturated carbocycles. The number of nitrogens with zero attached hydrogens (tertiary/aromatic N) is 3. The fourth-order valence-corrected chi connectivity index (χ4v) is 4.86. The van der Waals surface area contributed by atoms with Gasteiger partial charge in [-0.1, -0.05) is 50.2 Å². The first kappa shape index (κ1) is 25.4. The van der Waals surface area contributed by atoms with Gasteiger partial charge in [0.25, 0.3) is 5.56 Å². The molecule has 1 amide bonds. The van der Waals surface area contributed by atoms with Crippen molar-refractivity contribution in [1.29, 1.82) is 0 Å². The summed E-state index contributed by atoms with van der Waals surface area (Å²) in [6.07, 6.45) is -1.06. The first-order valence-electron chi connectivity index (χ1n) is 11.8. The summed E-state index contributed by atoms with van der Waals surface area (Å²) < 4.78 is 5.93. The Morgan fingerprint density at radius 1 is 1.08 bits per heavy atom. The van der Waals surface area contributed by atoms with E-state index in [1.54, 1.807) is 16.7 Å². The number of aromatic nitrogens is 3. The Kier molecular flexibility index (Phi) is 6.86. The zero-order chi connectivity index (χ0) is 26.2. The quantitative estimate of drug-likeness (QED) is 0.363. The van der Waals surface area contributed by atoms with E-state index in [4.69, 9.17) is 0 Å². The van der Waals surface area contributed by atoms with Crippen molar-refractivity contribution < 1.29 is 9.90 Å². The number of fused-ring (bicyclic) bond motifs is 1. The number of hydrogen-bond donors (Lipinski definition) is 2. The Hall–Kier alpha value is -3.72. The van der Waals surface area contributed by atoms with Crippen LogP contribution in [-0.2, 0) is 13.1 Å². The average molecular weight is 507 g/mol. The van der Waals surface area contributed by atoms with Crippen molar-refractivity contribution in [3.63, 3.8) is 0 Å². The lowest BCUT2D eigenvalue weighted by atomic mass is 9.94. The number of amides is 1. The van der Waals surface area contributed by atoms with Crippen LogP contribution in [0.2, 0.25) is 0 Å². The number of aromatic amines is 1. The predicted octanol–water partition coefficient (Wildman–Crippen LogP) is 5.41. The van der Waals surface area contributed by atoms with E-state index in [9.17, 15) is 19.5 Å². The van der Waals surface area contributed by atoms with Crippen LogP contribution in [0.15, 0.2) is 58.1 Å². The van der Waals surface area contributed by atoms with Crippen LogP contribution in [-0.4, -0.2) is 35.6 Å². The molecule has 0 fully saturated rings. The maximum absolute atomic E-state index is 13.8. The highest BCUT2D eigenvalue weighted by molar-refractivity contribution is 7.03. The second kappa shape index (κ2) is 9.73. The van der Waals surface area contributed by atoms with Gasteiger partial charge < -0.3 is 9.67 Å². The Labute approximate surface area is 213 Å². The maximum atomic E-state index is 13.8. The van der Waals surface area contributed by atoms with Crippen molar-refractivity contribution in [3.05, 3.63) is 74.2 Å². The van der Waals surface area contributed by atoms with Crippen molar-refractivity contribution in [1.82, 2.24) is 18.8 Å². The minimum absolute atomic E-state index is 0.0404. The van der Waals surface area contributed by atoms with E-state index in [1.165, 1.54) is 4.90 Å². The monoisotopic (exact) mass is 506 g/mol. The Morgan fingerprint density at radius 3 is 2.33 bits per heavy atom. The van der Waals surface area contributed by atoms with Crippen LogP contribution in [0.5, 0.6) is 0 Å². The molecule has 0 saturated heterocycles. The largest absolute Gasteiger partial charge is 0.465 e. The normalized spacial score (nSPS) is 11.8. The number of pyridine rings is 1. The van der Waals surface area contributed by atoms with Crippen LogP contribution in [0.25, 0.3) is 33.3 Å². The highest BCUT2D eigenvalue weighted by Gasteiger charge is 2.30. The molecule has 0 aliphatic rings. The zero-order valence-corrected chi connectivity index (χ0v) is 21.8. The molecule has 2 aromatic carbocycles. The predicted molar refractivity (Wildman–Crippen MR) is 144 cm³/mol. The Balaban J connectivity index is 2.13. The van der Waals surface area contributed by atoms with E-state index in [2.05, 4.69) is 9.36 Å². The third-order valence-corrected chi connectivity index (χ3v) is 6.59. The molecule has 2 N–H and O–H groups in total. The zero-order valence-electron chi connectivity index (χ0n) is 21.0. The van der Waals surface area contributed by atoms with Gasteiger partial charge in [0.1, 0.15) is 0 Å². The van der Waals surface area contributed by atoms with Gasteiger partial charge in [0.2, 0.25) is 0 Å². The van der Waals surface area contributed by atoms with Crippen LogP contribution < -0.4 is 10.4 Å². The number of benzene rings is 2. The first-order valence-corrected chi connectivity index (χ1v) is 12.6. The van der Waals surface area contributed by atoms with Gasteiger partial charge in [0.05, 0.1) is 6.54 Å². The van der Waals surface area contributed by atoms with Crippen LogP contribution in [0, 0.1) is 5.92 Å². The number of nitrogens with one attached hydrogen (secondary N) is 1. The number of rotatable bonds is 6. The van der Waals surface area contributed by atoms with Gasteiger partial charge >= 0.3 is 11.0 Å². The number of carbonyl (C=O) groups is 1. The van der Waals surface area contributed by atoms with E-state index in [1.807, 2.05) is 71.0 Å². The molecule has 36 heavy (non-hydrogen) atoms. The SMILES string of the molecule is CC(C)Cn1c(CN(C(=O)O)C(C)(C)C)c(-c2ccccc2)c2cc(-c3nsc(=O)[nH]3)ccc2c1=O. The summed E-state index contributed by atoms with van der Waals surface area (Å²) in [5.41, 5.74) is 2.12. The minimum atomic E-state index is -1.06. The highest BCUT2D eigenvalue weighted by atomic mass is 32.1. The lowest BCUT2D eigenvalue weighted by Crippen LogP contribution is -2.45. The minimum Gasteiger partial charge on any atom is -0.465 e. The topological polar surface area (TPSA) is 108 Å². The summed E-state index contributed by atoms with van der Waals surface area (Å²) in [5, 5.41) is 11.3. The van der Waals surface area contributed by atoms with Crippen LogP contribution in [0.1, 0.15) is 40.3 Å². The molecule has 0 atom stereocenters. The summed E-state index contributed by atoms with van der Waals surface area (Å²) in [7, 11) is 0. The van der Waals surface area contributed by atoms with Gasteiger partial charge in [-0.2, -0.15) is 4.37 Å². The van der Waals surface area contributed by atoms with Gasteiger partial charge in [0, 0.05) is 45.8 Å². The standard InChI is InChI=1S/C27H30N4O4S/c1-16(2)14-30-21(15-31(26(34)35)27(3,4)5)22(17-9-7-6-8-10-17)20-13-18(11-12-19(20)24(30)32)23-28-25(33)36-29-23/h6-13,16H,14-15H2,1-5H3,(H,34,35)(H,28,29,33). The van der Waals surface area contributed by atoms with Gasteiger partial charge in [0.15, 0.2) is 5.82 Å². The van der Waals surface area contributed by atoms with Gasteiger partial charge in [-0.25, -0.2) is 4.79 Å². The summed E-state index contributed by atoms with van der Waals surface area (Å²) >= 11 is 0.836. The van der Waals surface area contributed by atoms with Gasteiger partial charge in [-0.15, -0.1) is 0 Å². The van der Waals surface area contributed by atoms with Crippen molar-refractivity contribution in [3.8, 4) is 22.5 Å². The van der Waals surface area contributed by atoms with E-state index in [-0.39, 0.29) is 22.9 Å². The Morgan fingerprint density at radius 2 is 1.78 bits per heavy atom. The third kappa shape index (κ3) is 4.97. The molecule has 0 unspecified atom stereocenters. The van der Waals surface area contributed by atoms with Crippen LogP contribution in [0.3, 0.4) is 0 Å². The van der Waals surface area contributed by atoms with Crippen molar-refractivity contribution in [2.24, 2.45) is 5.92 Å². The number of carboxylic acid groups (broad SMARTS) is 1. The first-order chi connectivity index (χ1) is 17.0. The molecule has 0 radical (unpaired) electrons. The number of H-pyrrole nitrogens is 1. The van der Waals surface area contributed by atoms with E-state index in [0.717, 1.165) is 22.7 Å². The van der Waals surface area contributed by atoms with E-state index < -0.39 is 11.6 Å². The lowest BCUT2D eigenvalue weighted by Gasteiger charge is -2.35. The van der Waals surface area contributed by atoms with Crippen LogP contribution in [0.4, 0.5) is 4.79 Å². The molecular formula is C27H30N4O4S. The molecule has 4 aromatic rings. The van der Waals surface area contributed by atoms with Crippen molar-refractivity contribution in [2.75, 3.05) is 0 Å². The van der Waals surface area contributed by atoms with Gasteiger partial charge in [-0.05, 0) is 49.8 Å². The molecule has 188 valence electrons.